The Morgan fingerprint density at radius 2 is 2.10 bits per heavy atom. The molecule has 0 unspecified atom stereocenters. The largest absolute Gasteiger partial charge is 0.481 e. The number of thioether (sulfide) groups is 1. The van der Waals surface area contributed by atoms with Crippen LogP contribution in [-0.2, 0) is 11.2 Å². The number of imidazole rings is 1. The minimum atomic E-state index is -0.780. The van der Waals surface area contributed by atoms with Crippen LogP contribution in [0.1, 0.15) is 57.7 Å². The van der Waals surface area contributed by atoms with Crippen molar-refractivity contribution in [1.82, 2.24) is 9.55 Å². The highest BCUT2D eigenvalue weighted by Gasteiger charge is 2.25. The van der Waals surface area contributed by atoms with Crippen LogP contribution in [0.5, 0.6) is 0 Å². The molecule has 0 amide bonds. The summed E-state index contributed by atoms with van der Waals surface area (Å²) in [5.41, 5.74) is 1.23. The second-order valence-electron chi connectivity index (χ2n) is 5.52. The van der Waals surface area contributed by atoms with Gasteiger partial charge in [0.1, 0.15) is 0 Å². The first kappa shape index (κ1) is 15.4. The third kappa shape index (κ3) is 3.57. The summed E-state index contributed by atoms with van der Waals surface area (Å²) in [7, 11) is 0. The fourth-order valence-electron chi connectivity index (χ4n) is 3.07. The van der Waals surface area contributed by atoms with Gasteiger partial charge in [0.05, 0.1) is 5.75 Å². The van der Waals surface area contributed by atoms with Crippen LogP contribution in [0.25, 0.3) is 0 Å². The maximum atomic E-state index is 10.8. The quantitative estimate of drug-likeness (QED) is 0.812. The Bertz CT molecular complexity index is 451. The van der Waals surface area contributed by atoms with Crippen LogP contribution in [0.3, 0.4) is 0 Å². The molecular formula is C15H24N2O2S. The number of aromatic nitrogens is 2. The van der Waals surface area contributed by atoms with E-state index in [4.69, 9.17) is 5.11 Å². The molecule has 112 valence electrons. The number of carbonyl (C=O) groups is 1. The van der Waals surface area contributed by atoms with Crippen LogP contribution in [0.4, 0.5) is 0 Å². The summed E-state index contributed by atoms with van der Waals surface area (Å²) in [5, 5.41) is 9.73. The molecular weight excluding hydrogens is 272 g/mol. The molecule has 4 nitrogen and oxygen atoms in total. The zero-order chi connectivity index (χ0) is 14.5. The van der Waals surface area contributed by atoms with Crippen molar-refractivity contribution < 1.29 is 9.90 Å². The van der Waals surface area contributed by atoms with Crippen LogP contribution in [0.15, 0.2) is 11.4 Å². The summed E-state index contributed by atoms with van der Waals surface area (Å²) < 4.78 is 2.31. The molecule has 0 bridgehead atoms. The molecule has 20 heavy (non-hydrogen) atoms. The molecule has 1 heterocycles. The molecule has 1 aromatic rings. The number of aliphatic carboxylic acids is 1. The minimum absolute atomic E-state index is 0.0878. The molecule has 2 rings (SSSR count). The zero-order valence-electron chi connectivity index (χ0n) is 12.3. The highest BCUT2D eigenvalue weighted by molar-refractivity contribution is 7.99. The number of hydrogen-bond donors (Lipinski definition) is 1. The molecule has 1 aliphatic rings. The lowest BCUT2D eigenvalue weighted by Gasteiger charge is -2.30. The molecule has 1 N–H and O–H groups in total. The third-order valence-electron chi connectivity index (χ3n) is 4.29. The average Bonchev–Trinajstić information content (AvgIpc) is 2.88. The van der Waals surface area contributed by atoms with Crippen molar-refractivity contribution in [3.05, 3.63) is 11.9 Å². The Morgan fingerprint density at radius 1 is 1.40 bits per heavy atom. The number of hydrogen-bond acceptors (Lipinski definition) is 3. The summed E-state index contributed by atoms with van der Waals surface area (Å²) in [4.78, 5) is 15.2. The first-order chi connectivity index (χ1) is 9.65. The van der Waals surface area contributed by atoms with Crippen molar-refractivity contribution in [3.63, 3.8) is 0 Å². The van der Waals surface area contributed by atoms with E-state index in [1.165, 1.54) is 49.6 Å². The van der Waals surface area contributed by atoms with Crippen molar-refractivity contribution in [2.24, 2.45) is 5.92 Å². The smallest absolute Gasteiger partial charge is 0.313 e. The van der Waals surface area contributed by atoms with E-state index in [0.717, 1.165) is 17.5 Å². The van der Waals surface area contributed by atoms with Gasteiger partial charge in [-0.2, -0.15) is 0 Å². The van der Waals surface area contributed by atoms with Crippen molar-refractivity contribution in [2.75, 3.05) is 5.75 Å². The Balaban J connectivity index is 2.12. The van der Waals surface area contributed by atoms with Gasteiger partial charge >= 0.3 is 5.97 Å². The molecule has 0 saturated heterocycles. The molecule has 0 radical (unpaired) electrons. The zero-order valence-corrected chi connectivity index (χ0v) is 13.2. The molecule has 5 heteroatoms. The number of carboxylic acids is 1. The van der Waals surface area contributed by atoms with E-state index in [-0.39, 0.29) is 5.75 Å². The maximum absolute atomic E-state index is 10.8. The van der Waals surface area contributed by atoms with Gasteiger partial charge in [-0.15, -0.1) is 0 Å². The van der Waals surface area contributed by atoms with E-state index >= 15 is 0 Å². The molecule has 1 saturated carbocycles. The lowest BCUT2D eigenvalue weighted by atomic mass is 9.84. The Labute approximate surface area is 125 Å². The van der Waals surface area contributed by atoms with E-state index in [1.807, 2.05) is 6.20 Å². The van der Waals surface area contributed by atoms with Crippen molar-refractivity contribution >= 4 is 17.7 Å². The van der Waals surface area contributed by atoms with Gasteiger partial charge in [0, 0.05) is 17.9 Å². The van der Waals surface area contributed by atoms with Gasteiger partial charge < -0.3 is 9.67 Å². The van der Waals surface area contributed by atoms with Gasteiger partial charge in [-0.1, -0.05) is 32.0 Å². The van der Waals surface area contributed by atoms with E-state index in [9.17, 15) is 4.79 Å². The highest BCUT2D eigenvalue weighted by Crippen LogP contribution is 2.36. The van der Waals surface area contributed by atoms with Crippen LogP contribution >= 0.6 is 11.8 Å². The standard InChI is InChI=1S/C15H24N2O2S/c1-3-11-5-7-13(8-6-11)17-12(4-2)9-16-15(17)20-10-14(18)19/h9,11,13H,3-8,10H2,1-2H3,(H,18,19). The lowest BCUT2D eigenvalue weighted by molar-refractivity contribution is -0.133. The number of nitrogens with zero attached hydrogens (tertiary/aromatic N) is 2. The van der Waals surface area contributed by atoms with Gasteiger partial charge in [0.25, 0.3) is 0 Å². The minimum Gasteiger partial charge on any atom is -0.481 e. The van der Waals surface area contributed by atoms with Gasteiger partial charge in [-0.3, -0.25) is 4.79 Å². The van der Waals surface area contributed by atoms with Crippen LogP contribution in [0, 0.1) is 5.92 Å². The Hall–Kier alpha value is -0.970. The summed E-state index contributed by atoms with van der Waals surface area (Å²) >= 11 is 1.34. The molecule has 0 aromatic carbocycles. The van der Waals surface area contributed by atoms with Gasteiger partial charge in [-0.25, -0.2) is 4.98 Å². The number of carboxylic acid groups (broad SMARTS) is 1. The van der Waals surface area contributed by atoms with Gasteiger partial charge in [0.15, 0.2) is 5.16 Å². The normalized spacial score (nSPS) is 22.9. The fraction of sp³-hybridized carbons (Fsp3) is 0.733. The topological polar surface area (TPSA) is 55.1 Å². The summed E-state index contributed by atoms with van der Waals surface area (Å²) in [6, 6.07) is 0.506. The third-order valence-corrected chi connectivity index (χ3v) is 5.24. The Morgan fingerprint density at radius 3 is 2.65 bits per heavy atom. The van der Waals surface area contributed by atoms with E-state index < -0.39 is 5.97 Å². The number of aryl methyl sites for hydroxylation is 1. The molecule has 0 aliphatic heterocycles. The molecule has 1 fully saturated rings. The SMILES string of the molecule is CCc1cnc(SCC(=O)O)n1C1CCC(CC)CC1. The average molecular weight is 296 g/mol. The Kier molecular flexibility index (Phi) is 5.52. The second kappa shape index (κ2) is 7.16. The monoisotopic (exact) mass is 296 g/mol. The van der Waals surface area contributed by atoms with Crippen LogP contribution in [-0.4, -0.2) is 26.4 Å². The van der Waals surface area contributed by atoms with Crippen LogP contribution in [0.2, 0.25) is 0 Å². The predicted octanol–water partition coefficient (Wildman–Crippen LogP) is 3.76. The number of rotatable bonds is 6. The molecule has 1 aliphatic carbocycles. The maximum Gasteiger partial charge on any atom is 0.313 e. The fourth-order valence-corrected chi connectivity index (χ4v) is 3.86. The van der Waals surface area contributed by atoms with Crippen molar-refractivity contribution in [1.29, 1.82) is 0 Å². The second-order valence-corrected chi connectivity index (χ2v) is 6.46. The highest BCUT2D eigenvalue weighted by atomic mass is 32.2. The summed E-state index contributed by atoms with van der Waals surface area (Å²) in [6.07, 6.45) is 9.10. The first-order valence-electron chi connectivity index (χ1n) is 7.56. The molecule has 0 atom stereocenters. The van der Waals surface area contributed by atoms with Crippen molar-refractivity contribution in [2.45, 2.75) is 63.6 Å². The molecule has 0 spiro atoms. The predicted molar refractivity (Wildman–Crippen MR) is 81.3 cm³/mol. The van der Waals surface area contributed by atoms with E-state index in [1.54, 1.807) is 0 Å². The summed E-state index contributed by atoms with van der Waals surface area (Å²) in [6.45, 7) is 4.41. The van der Waals surface area contributed by atoms with Crippen LogP contribution < -0.4 is 0 Å². The first-order valence-corrected chi connectivity index (χ1v) is 8.54. The summed E-state index contributed by atoms with van der Waals surface area (Å²) in [5.74, 6) is 0.178. The van der Waals surface area contributed by atoms with E-state index in [2.05, 4.69) is 23.4 Å². The molecule has 1 aromatic heterocycles. The van der Waals surface area contributed by atoms with Gasteiger partial charge in [-0.05, 0) is 38.0 Å². The van der Waals surface area contributed by atoms with E-state index in [0.29, 0.717) is 6.04 Å². The lowest BCUT2D eigenvalue weighted by Crippen LogP contribution is -2.20. The van der Waals surface area contributed by atoms with Crippen molar-refractivity contribution in [3.8, 4) is 0 Å². The van der Waals surface area contributed by atoms with Gasteiger partial charge in [0.2, 0.25) is 0 Å².